The lowest BCUT2D eigenvalue weighted by atomic mass is 9.83. The summed E-state index contributed by atoms with van der Waals surface area (Å²) in [5.41, 5.74) is 6.22. The zero-order valence-electron chi connectivity index (χ0n) is 19.3. The van der Waals surface area contributed by atoms with Crippen LogP contribution in [0.2, 0.25) is 0 Å². The summed E-state index contributed by atoms with van der Waals surface area (Å²) in [5, 5.41) is 0. The van der Waals surface area contributed by atoms with Crippen molar-refractivity contribution >= 4 is 17.7 Å². The van der Waals surface area contributed by atoms with Crippen molar-refractivity contribution in [3.8, 4) is 11.5 Å². The zero-order chi connectivity index (χ0) is 23.8. The number of nitrogens with zero attached hydrogens (tertiary/aromatic N) is 1. The zero-order valence-corrected chi connectivity index (χ0v) is 19.3. The maximum Gasteiger partial charge on any atom is 0.269 e. The molecule has 33 heavy (non-hydrogen) atoms. The van der Waals surface area contributed by atoms with E-state index in [0.29, 0.717) is 30.0 Å². The van der Waals surface area contributed by atoms with Crippen LogP contribution in [-0.4, -0.2) is 43.4 Å². The van der Waals surface area contributed by atoms with Gasteiger partial charge in [-0.3, -0.25) is 25.2 Å². The second kappa shape index (κ2) is 11.4. The molecule has 0 aromatic heterocycles. The van der Waals surface area contributed by atoms with Crippen LogP contribution in [0.4, 0.5) is 0 Å². The third kappa shape index (κ3) is 5.63. The average molecular weight is 454 g/mol. The number of nitrogens with one attached hydrogen (secondary N) is 2. The average Bonchev–Trinajstić information content (AvgIpc) is 2.86. The van der Waals surface area contributed by atoms with Crippen LogP contribution in [0.25, 0.3) is 0 Å². The molecule has 2 aromatic rings. The molecule has 176 valence electrons. The molecule has 0 spiro atoms. The monoisotopic (exact) mass is 453 g/mol. The number of rotatable bonds is 8. The van der Waals surface area contributed by atoms with Crippen molar-refractivity contribution in [1.29, 1.82) is 0 Å². The van der Waals surface area contributed by atoms with E-state index in [4.69, 9.17) is 9.47 Å². The third-order valence-corrected chi connectivity index (χ3v) is 5.90. The van der Waals surface area contributed by atoms with Gasteiger partial charge in [0.25, 0.3) is 5.91 Å². The maximum absolute atomic E-state index is 13.2. The highest BCUT2D eigenvalue weighted by Gasteiger charge is 2.41. The molecule has 0 radical (unpaired) electrons. The van der Waals surface area contributed by atoms with Gasteiger partial charge in [0.1, 0.15) is 11.5 Å². The van der Waals surface area contributed by atoms with E-state index in [0.717, 1.165) is 18.4 Å². The van der Waals surface area contributed by atoms with Crippen LogP contribution >= 0.6 is 0 Å². The number of carbonyl (C=O) groups excluding carboxylic acids is 3. The van der Waals surface area contributed by atoms with Gasteiger partial charge in [-0.25, -0.2) is 0 Å². The molecular formula is C25H31N3O5. The summed E-state index contributed by atoms with van der Waals surface area (Å²) in [4.78, 5) is 40.3. The van der Waals surface area contributed by atoms with E-state index in [1.54, 1.807) is 43.4 Å². The van der Waals surface area contributed by atoms with Crippen LogP contribution in [0, 0.1) is 5.92 Å². The molecule has 3 amide bonds. The lowest BCUT2D eigenvalue weighted by Gasteiger charge is -2.41. The number of amides is 3. The van der Waals surface area contributed by atoms with Gasteiger partial charge in [-0.1, -0.05) is 31.5 Å². The first kappa shape index (κ1) is 24.1. The van der Waals surface area contributed by atoms with E-state index in [-0.39, 0.29) is 18.2 Å². The number of piperidine rings is 1. The molecule has 2 unspecified atom stereocenters. The van der Waals surface area contributed by atoms with Crippen LogP contribution in [0.5, 0.6) is 11.5 Å². The van der Waals surface area contributed by atoms with E-state index in [9.17, 15) is 14.4 Å². The number of para-hydroxylation sites is 1. The molecule has 1 fully saturated rings. The summed E-state index contributed by atoms with van der Waals surface area (Å²) in [6, 6.07) is 13.5. The highest BCUT2D eigenvalue weighted by atomic mass is 16.5. The Bertz CT molecular complexity index is 976. The largest absolute Gasteiger partial charge is 0.497 e. The second-order valence-electron chi connectivity index (χ2n) is 7.94. The molecule has 8 nitrogen and oxygen atoms in total. The Morgan fingerprint density at radius 2 is 1.76 bits per heavy atom. The standard InChI is InChI=1S/C25H31N3O5/c1-4-5-16-28-22(29)15-14-20(23(28)19-8-6-7-9-21(19)33-3)25(31)27-26-24(30)17-10-12-18(32-2)13-11-17/h6-13,20,23H,4-5,14-16H2,1-3H3,(H,26,30)(H,27,31). The highest BCUT2D eigenvalue weighted by molar-refractivity contribution is 5.96. The summed E-state index contributed by atoms with van der Waals surface area (Å²) in [5.74, 6) is -0.0397. The van der Waals surface area contributed by atoms with Crippen molar-refractivity contribution in [2.24, 2.45) is 5.92 Å². The molecule has 1 heterocycles. The van der Waals surface area contributed by atoms with E-state index in [1.807, 2.05) is 24.3 Å². The lowest BCUT2D eigenvalue weighted by Crippen LogP contribution is -2.51. The Hall–Kier alpha value is -3.55. The van der Waals surface area contributed by atoms with E-state index in [1.165, 1.54) is 0 Å². The molecule has 1 aliphatic heterocycles. The van der Waals surface area contributed by atoms with Gasteiger partial charge in [-0.15, -0.1) is 0 Å². The summed E-state index contributed by atoms with van der Waals surface area (Å²) in [6.07, 6.45) is 2.42. The fourth-order valence-corrected chi connectivity index (χ4v) is 4.14. The van der Waals surface area contributed by atoms with Crippen LogP contribution in [-0.2, 0) is 9.59 Å². The highest BCUT2D eigenvalue weighted by Crippen LogP contribution is 2.40. The lowest BCUT2D eigenvalue weighted by molar-refractivity contribution is -0.143. The SMILES string of the molecule is CCCCN1C(=O)CCC(C(=O)NNC(=O)c2ccc(OC)cc2)C1c1ccccc1OC. The predicted molar refractivity (Wildman–Crippen MR) is 124 cm³/mol. The molecule has 0 aliphatic carbocycles. The van der Waals surface area contributed by atoms with Crippen molar-refractivity contribution in [2.75, 3.05) is 20.8 Å². The van der Waals surface area contributed by atoms with Gasteiger partial charge in [0.2, 0.25) is 11.8 Å². The van der Waals surface area contributed by atoms with Gasteiger partial charge in [-0.2, -0.15) is 0 Å². The van der Waals surface area contributed by atoms with Crippen molar-refractivity contribution in [1.82, 2.24) is 15.8 Å². The first-order valence-corrected chi connectivity index (χ1v) is 11.2. The maximum atomic E-state index is 13.2. The number of ether oxygens (including phenoxy) is 2. The molecule has 3 rings (SSSR count). The topological polar surface area (TPSA) is 97.0 Å². The first-order chi connectivity index (χ1) is 16.0. The fraction of sp³-hybridized carbons (Fsp3) is 0.400. The predicted octanol–water partition coefficient (Wildman–Crippen LogP) is 3.24. The Morgan fingerprint density at radius 3 is 2.42 bits per heavy atom. The first-order valence-electron chi connectivity index (χ1n) is 11.2. The van der Waals surface area contributed by atoms with Crippen molar-refractivity contribution in [2.45, 2.75) is 38.6 Å². The molecule has 2 atom stereocenters. The smallest absolute Gasteiger partial charge is 0.269 e. The van der Waals surface area contributed by atoms with Crippen molar-refractivity contribution in [3.63, 3.8) is 0 Å². The summed E-state index contributed by atoms with van der Waals surface area (Å²) < 4.78 is 10.6. The van der Waals surface area contributed by atoms with Crippen LogP contribution in [0.1, 0.15) is 54.6 Å². The Kier molecular flexibility index (Phi) is 8.29. The number of unbranched alkanes of at least 4 members (excludes halogenated alkanes) is 1. The van der Waals surface area contributed by atoms with E-state index in [2.05, 4.69) is 17.8 Å². The molecule has 0 bridgehead atoms. The quantitative estimate of drug-likeness (QED) is 0.598. The Balaban J connectivity index is 1.80. The number of methoxy groups -OCH3 is 2. The molecule has 8 heteroatoms. The molecule has 1 aliphatic rings. The third-order valence-electron chi connectivity index (χ3n) is 5.90. The van der Waals surface area contributed by atoms with E-state index < -0.39 is 17.9 Å². The Morgan fingerprint density at radius 1 is 1.03 bits per heavy atom. The van der Waals surface area contributed by atoms with Gasteiger partial charge >= 0.3 is 0 Å². The molecule has 2 aromatic carbocycles. The molecule has 1 saturated heterocycles. The fourth-order valence-electron chi connectivity index (χ4n) is 4.14. The molecule has 2 N–H and O–H groups in total. The molecule has 0 saturated carbocycles. The number of hydrogen-bond donors (Lipinski definition) is 2. The molecular weight excluding hydrogens is 422 g/mol. The number of hydrogen-bond acceptors (Lipinski definition) is 5. The van der Waals surface area contributed by atoms with Crippen LogP contribution in [0.3, 0.4) is 0 Å². The summed E-state index contributed by atoms with van der Waals surface area (Å²) >= 11 is 0. The second-order valence-corrected chi connectivity index (χ2v) is 7.94. The number of carbonyl (C=O) groups is 3. The summed E-state index contributed by atoms with van der Waals surface area (Å²) in [7, 11) is 3.12. The minimum Gasteiger partial charge on any atom is -0.497 e. The van der Waals surface area contributed by atoms with Gasteiger partial charge in [0.15, 0.2) is 0 Å². The van der Waals surface area contributed by atoms with Crippen LogP contribution < -0.4 is 20.3 Å². The van der Waals surface area contributed by atoms with Gasteiger partial charge in [-0.05, 0) is 43.2 Å². The number of hydrazine groups is 1. The van der Waals surface area contributed by atoms with Crippen molar-refractivity contribution in [3.05, 3.63) is 59.7 Å². The van der Waals surface area contributed by atoms with Gasteiger partial charge in [0, 0.05) is 24.1 Å². The van der Waals surface area contributed by atoms with E-state index >= 15 is 0 Å². The minimum absolute atomic E-state index is 0.0191. The number of benzene rings is 2. The van der Waals surface area contributed by atoms with Crippen LogP contribution in [0.15, 0.2) is 48.5 Å². The summed E-state index contributed by atoms with van der Waals surface area (Å²) in [6.45, 7) is 2.62. The Labute approximate surface area is 194 Å². The van der Waals surface area contributed by atoms with Gasteiger partial charge < -0.3 is 14.4 Å². The van der Waals surface area contributed by atoms with Crippen molar-refractivity contribution < 1.29 is 23.9 Å². The normalized spacial score (nSPS) is 17.9. The minimum atomic E-state index is -0.535. The number of likely N-dealkylation sites (tertiary alicyclic amines) is 1. The van der Waals surface area contributed by atoms with Gasteiger partial charge in [0.05, 0.1) is 26.2 Å².